The fraction of sp³-hybridized carbons (Fsp3) is 0.944. The van der Waals surface area contributed by atoms with E-state index in [0.717, 1.165) is 51.4 Å². The van der Waals surface area contributed by atoms with Gasteiger partial charge in [0.1, 0.15) is 24.4 Å². The SMILES string of the molecule is CCCCCCCCCCCCC/C=C/C(O)C(COC1OC(CO)C(O)C(O)C1O)NC(=O)CCCCCCCCCCCCCCCCCCCCCCCCCCCCCCCCCOC(=O)CCCCCCCCCCCCC. The fourth-order valence-electron chi connectivity index (χ4n) is 11.9. The van der Waals surface area contributed by atoms with Crippen molar-refractivity contribution in [2.45, 2.75) is 416 Å². The summed E-state index contributed by atoms with van der Waals surface area (Å²) in [6.45, 7) is 4.39. The van der Waals surface area contributed by atoms with Gasteiger partial charge in [-0.3, -0.25) is 9.59 Å². The molecule has 11 nitrogen and oxygen atoms in total. The van der Waals surface area contributed by atoms with Crippen molar-refractivity contribution in [1.29, 1.82) is 0 Å². The van der Waals surface area contributed by atoms with Gasteiger partial charge in [-0.05, 0) is 32.1 Å². The van der Waals surface area contributed by atoms with Gasteiger partial charge in [0.15, 0.2) is 6.29 Å². The lowest BCUT2D eigenvalue weighted by Crippen LogP contribution is -2.60. The Balaban J connectivity index is 1.94. The van der Waals surface area contributed by atoms with Crippen molar-refractivity contribution in [3.8, 4) is 0 Å². The summed E-state index contributed by atoms with van der Waals surface area (Å²) in [6, 6.07) is -0.806. The minimum atomic E-state index is -1.57. The third-order valence-electron chi connectivity index (χ3n) is 17.7. The van der Waals surface area contributed by atoms with Crippen LogP contribution in [0.2, 0.25) is 0 Å². The molecule has 0 aromatic carbocycles. The van der Waals surface area contributed by atoms with Crippen LogP contribution in [-0.2, 0) is 23.8 Å². The number of allylic oxidation sites excluding steroid dienone is 1. The zero-order valence-electron chi connectivity index (χ0n) is 54.7. The van der Waals surface area contributed by atoms with Crippen LogP contribution in [0.5, 0.6) is 0 Å². The van der Waals surface area contributed by atoms with Crippen LogP contribution in [0.25, 0.3) is 0 Å². The van der Waals surface area contributed by atoms with Gasteiger partial charge in [-0.1, -0.05) is 341 Å². The molecule has 1 amide bonds. The summed E-state index contributed by atoms with van der Waals surface area (Å²) in [4.78, 5) is 25.1. The summed E-state index contributed by atoms with van der Waals surface area (Å²) in [5.74, 6) is -0.161. The molecule has 0 aromatic heterocycles. The zero-order valence-corrected chi connectivity index (χ0v) is 54.7. The largest absolute Gasteiger partial charge is 0.466 e. The number of unbranched alkanes of at least 4 members (excludes halogenated alkanes) is 51. The van der Waals surface area contributed by atoms with Crippen LogP contribution in [0.3, 0.4) is 0 Å². The van der Waals surface area contributed by atoms with E-state index in [1.165, 1.54) is 295 Å². The van der Waals surface area contributed by atoms with E-state index >= 15 is 0 Å². The number of nitrogens with one attached hydrogen (secondary N) is 1. The Bertz CT molecular complexity index is 1380. The topological polar surface area (TPSA) is 175 Å². The highest BCUT2D eigenvalue weighted by Gasteiger charge is 2.44. The molecule has 83 heavy (non-hydrogen) atoms. The molecule has 1 heterocycles. The minimum Gasteiger partial charge on any atom is -0.466 e. The second-order valence-electron chi connectivity index (χ2n) is 25.7. The Kier molecular flexibility index (Phi) is 59.3. The van der Waals surface area contributed by atoms with Crippen molar-refractivity contribution in [3.05, 3.63) is 12.2 Å². The molecule has 492 valence electrons. The normalized spacial score (nSPS) is 18.1. The Hall–Kier alpha value is -1.60. The lowest BCUT2D eigenvalue weighted by atomic mass is 9.99. The van der Waals surface area contributed by atoms with Crippen molar-refractivity contribution >= 4 is 11.9 Å². The quantitative estimate of drug-likeness (QED) is 0.0195. The molecule has 6 N–H and O–H groups in total. The molecule has 0 aromatic rings. The number of hydrogen-bond donors (Lipinski definition) is 6. The molecule has 1 aliphatic heterocycles. The zero-order chi connectivity index (χ0) is 60.2. The molecule has 11 heteroatoms. The molecule has 0 bridgehead atoms. The van der Waals surface area contributed by atoms with Crippen molar-refractivity contribution in [2.24, 2.45) is 0 Å². The molecule has 7 atom stereocenters. The number of carbonyl (C=O) groups is 2. The van der Waals surface area contributed by atoms with Crippen molar-refractivity contribution in [1.82, 2.24) is 5.32 Å². The third kappa shape index (κ3) is 51.0. The highest BCUT2D eigenvalue weighted by Crippen LogP contribution is 2.24. The molecule has 0 saturated carbocycles. The first-order chi connectivity index (χ1) is 40.7. The monoisotopic (exact) mass is 1180 g/mol. The van der Waals surface area contributed by atoms with Crippen molar-refractivity contribution in [2.75, 3.05) is 19.8 Å². The summed E-state index contributed by atoms with van der Waals surface area (Å²) >= 11 is 0. The number of carbonyl (C=O) groups excluding carboxylic acids is 2. The Morgan fingerprint density at radius 1 is 0.434 bits per heavy atom. The predicted molar refractivity (Wildman–Crippen MR) is 348 cm³/mol. The summed E-state index contributed by atoms with van der Waals surface area (Å²) in [5, 5.41) is 54.5. The first kappa shape index (κ1) is 79.4. The van der Waals surface area contributed by atoms with E-state index in [-0.39, 0.29) is 18.5 Å². The third-order valence-corrected chi connectivity index (χ3v) is 17.7. The summed E-state index contributed by atoms with van der Waals surface area (Å²) in [7, 11) is 0. The van der Waals surface area contributed by atoms with E-state index in [9.17, 15) is 35.1 Å². The van der Waals surface area contributed by atoms with Crippen LogP contribution in [0.1, 0.15) is 373 Å². The number of ether oxygens (including phenoxy) is 3. The maximum atomic E-state index is 13.1. The van der Waals surface area contributed by atoms with Gasteiger partial charge in [-0.25, -0.2) is 0 Å². The number of esters is 1. The van der Waals surface area contributed by atoms with Crippen molar-refractivity contribution in [3.63, 3.8) is 0 Å². The highest BCUT2D eigenvalue weighted by atomic mass is 16.7. The molecular weight excluding hydrogens is 1040 g/mol. The van der Waals surface area contributed by atoms with Gasteiger partial charge in [0.2, 0.25) is 5.91 Å². The highest BCUT2D eigenvalue weighted by molar-refractivity contribution is 5.76. The summed E-state index contributed by atoms with van der Waals surface area (Å²) in [5.41, 5.74) is 0. The number of hydrogen-bond acceptors (Lipinski definition) is 10. The van der Waals surface area contributed by atoms with Crippen LogP contribution < -0.4 is 5.32 Å². The maximum absolute atomic E-state index is 13.1. The number of rotatable bonds is 65. The number of aliphatic hydroxyl groups is 5. The summed E-state index contributed by atoms with van der Waals surface area (Å²) in [6.07, 6.45) is 66.4. The molecule has 0 spiro atoms. The molecule has 1 fully saturated rings. The first-order valence-corrected chi connectivity index (χ1v) is 36.5. The number of amides is 1. The van der Waals surface area contributed by atoms with E-state index in [2.05, 4.69) is 19.2 Å². The molecule has 0 radical (unpaired) electrons. The average molecular weight is 1180 g/mol. The van der Waals surface area contributed by atoms with Crippen LogP contribution in [-0.4, -0.2) is 100 Å². The van der Waals surface area contributed by atoms with E-state index < -0.39 is 49.5 Å². The second kappa shape index (κ2) is 62.0. The second-order valence-corrected chi connectivity index (χ2v) is 25.7. The molecule has 1 aliphatic rings. The van der Waals surface area contributed by atoms with E-state index in [0.29, 0.717) is 19.4 Å². The Morgan fingerprint density at radius 3 is 1.12 bits per heavy atom. The van der Waals surface area contributed by atoms with Crippen LogP contribution in [0.4, 0.5) is 0 Å². The standard InChI is InChI=1S/C72H139NO10/c1-3-5-7-9-11-13-15-35-39-42-46-50-54-58-65(75)64(63-82-72-71(80)70(79)69(78)66(62-74)83-72)73-67(76)59-55-51-47-43-40-36-33-31-29-27-25-23-21-19-17-16-18-20-22-24-26-28-30-32-34-37-41-45-49-53-57-61-81-68(77)60-56-52-48-44-38-14-12-10-8-6-4-2/h54,58,64-66,69-72,74-75,78-80H,3-53,55-57,59-63H2,1-2H3,(H,73,76)/b58-54+. The Labute approximate surface area is 512 Å². The van der Waals surface area contributed by atoms with Gasteiger partial charge in [0.25, 0.3) is 0 Å². The first-order valence-electron chi connectivity index (χ1n) is 36.5. The van der Waals surface area contributed by atoms with Crippen molar-refractivity contribution < 1.29 is 49.3 Å². The van der Waals surface area contributed by atoms with Gasteiger partial charge in [0, 0.05) is 12.8 Å². The van der Waals surface area contributed by atoms with E-state index in [1.54, 1.807) is 6.08 Å². The van der Waals surface area contributed by atoms with Gasteiger partial charge >= 0.3 is 5.97 Å². The molecular formula is C72H139NO10. The minimum absolute atomic E-state index is 0.0133. The lowest BCUT2D eigenvalue weighted by molar-refractivity contribution is -0.302. The van der Waals surface area contributed by atoms with E-state index in [4.69, 9.17) is 14.2 Å². The molecule has 7 unspecified atom stereocenters. The smallest absolute Gasteiger partial charge is 0.305 e. The van der Waals surface area contributed by atoms with Crippen LogP contribution >= 0.6 is 0 Å². The fourth-order valence-corrected chi connectivity index (χ4v) is 11.9. The average Bonchev–Trinajstić information content (AvgIpc) is 3.50. The van der Waals surface area contributed by atoms with Crippen LogP contribution in [0, 0.1) is 0 Å². The maximum Gasteiger partial charge on any atom is 0.305 e. The predicted octanol–water partition coefficient (Wildman–Crippen LogP) is 18.6. The molecule has 0 aliphatic carbocycles. The van der Waals surface area contributed by atoms with Gasteiger partial charge < -0.3 is 45.1 Å². The van der Waals surface area contributed by atoms with E-state index in [1.807, 2.05) is 6.08 Å². The summed E-state index contributed by atoms with van der Waals surface area (Å²) < 4.78 is 16.8. The molecule has 1 saturated heterocycles. The lowest BCUT2D eigenvalue weighted by Gasteiger charge is -2.40. The van der Waals surface area contributed by atoms with Crippen LogP contribution in [0.15, 0.2) is 12.2 Å². The van der Waals surface area contributed by atoms with Gasteiger partial charge in [-0.2, -0.15) is 0 Å². The molecule has 1 rings (SSSR count). The van der Waals surface area contributed by atoms with Gasteiger partial charge in [-0.15, -0.1) is 0 Å². The number of aliphatic hydroxyl groups excluding tert-OH is 5. The Morgan fingerprint density at radius 2 is 0.759 bits per heavy atom. The van der Waals surface area contributed by atoms with Gasteiger partial charge in [0.05, 0.1) is 32.0 Å².